The maximum atomic E-state index is 11.4. The van der Waals surface area contributed by atoms with Gasteiger partial charge in [0.15, 0.2) is 0 Å². The van der Waals surface area contributed by atoms with Gasteiger partial charge in [-0.05, 0) is 13.0 Å². The standard InChI is InChI=1S/C10H13NO4/c1-3-4-15-10(14)11-6-8(9(12)13)5-7(11)2/h3,5,7H,1,4,6H2,2H3,(H,12,13)/t7-/m0/s1. The first-order valence-corrected chi connectivity index (χ1v) is 4.54. The van der Waals surface area contributed by atoms with Gasteiger partial charge in [-0.2, -0.15) is 0 Å². The number of ether oxygens (including phenoxy) is 1. The summed E-state index contributed by atoms with van der Waals surface area (Å²) in [6, 6.07) is -0.242. The third-order valence-electron chi connectivity index (χ3n) is 2.11. The summed E-state index contributed by atoms with van der Waals surface area (Å²) in [6.45, 7) is 5.38. The molecule has 0 radical (unpaired) electrons. The smallest absolute Gasteiger partial charge is 0.410 e. The third-order valence-corrected chi connectivity index (χ3v) is 2.11. The lowest BCUT2D eigenvalue weighted by Crippen LogP contribution is -2.35. The average Bonchev–Trinajstić information content (AvgIpc) is 2.57. The average molecular weight is 211 g/mol. The van der Waals surface area contributed by atoms with Crippen molar-refractivity contribution in [3.05, 3.63) is 24.3 Å². The Morgan fingerprint density at radius 1 is 1.80 bits per heavy atom. The molecule has 1 amide bonds. The van der Waals surface area contributed by atoms with Crippen molar-refractivity contribution in [3.8, 4) is 0 Å². The summed E-state index contributed by atoms with van der Waals surface area (Å²) in [6.07, 6.45) is 2.48. The largest absolute Gasteiger partial charge is 0.478 e. The molecule has 1 rings (SSSR count). The molecule has 15 heavy (non-hydrogen) atoms. The van der Waals surface area contributed by atoms with Crippen LogP contribution >= 0.6 is 0 Å². The topological polar surface area (TPSA) is 66.8 Å². The van der Waals surface area contributed by atoms with Crippen LogP contribution in [0, 0.1) is 0 Å². The van der Waals surface area contributed by atoms with Crippen molar-refractivity contribution < 1.29 is 19.4 Å². The Labute approximate surface area is 87.6 Å². The van der Waals surface area contributed by atoms with Crippen molar-refractivity contribution >= 4 is 12.1 Å². The van der Waals surface area contributed by atoms with E-state index in [2.05, 4.69) is 6.58 Å². The highest BCUT2D eigenvalue weighted by Gasteiger charge is 2.29. The van der Waals surface area contributed by atoms with Crippen LogP contribution in [-0.2, 0) is 9.53 Å². The van der Waals surface area contributed by atoms with Crippen molar-refractivity contribution in [1.29, 1.82) is 0 Å². The maximum absolute atomic E-state index is 11.4. The van der Waals surface area contributed by atoms with Crippen molar-refractivity contribution in [2.24, 2.45) is 0 Å². The van der Waals surface area contributed by atoms with Crippen LogP contribution in [-0.4, -0.2) is 41.3 Å². The van der Waals surface area contributed by atoms with Crippen molar-refractivity contribution in [2.45, 2.75) is 13.0 Å². The molecule has 1 aliphatic heterocycles. The Bertz CT molecular complexity index is 321. The molecular formula is C10H13NO4. The number of carbonyl (C=O) groups is 2. The zero-order valence-electron chi connectivity index (χ0n) is 8.47. The van der Waals surface area contributed by atoms with Crippen LogP contribution in [0.1, 0.15) is 6.92 Å². The SMILES string of the molecule is C=CCOC(=O)N1CC(C(=O)O)=C[C@@H]1C. The zero-order chi connectivity index (χ0) is 11.4. The summed E-state index contributed by atoms with van der Waals surface area (Å²) in [5, 5.41) is 8.74. The van der Waals surface area contributed by atoms with Gasteiger partial charge in [0.2, 0.25) is 0 Å². The van der Waals surface area contributed by atoms with Gasteiger partial charge in [0.05, 0.1) is 18.2 Å². The van der Waals surface area contributed by atoms with Gasteiger partial charge in [-0.1, -0.05) is 12.7 Å². The number of rotatable bonds is 3. The Morgan fingerprint density at radius 3 is 2.93 bits per heavy atom. The number of amides is 1. The van der Waals surface area contributed by atoms with Gasteiger partial charge in [-0.3, -0.25) is 4.90 Å². The quantitative estimate of drug-likeness (QED) is 0.708. The lowest BCUT2D eigenvalue weighted by atomic mass is 10.2. The lowest BCUT2D eigenvalue weighted by molar-refractivity contribution is -0.132. The van der Waals surface area contributed by atoms with Gasteiger partial charge in [-0.15, -0.1) is 0 Å². The first kappa shape index (κ1) is 11.3. The van der Waals surface area contributed by atoms with E-state index in [1.54, 1.807) is 6.92 Å². The normalized spacial score (nSPS) is 19.7. The molecule has 1 heterocycles. The van der Waals surface area contributed by atoms with Crippen molar-refractivity contribution in [3.63, 3.8) is 0 Å². The first-order valence-electron chi connectivity index (χ1n) is 4.54. The number of carboxylic acids is 1. The highest BCUT2D eigenvalue weighted by Crippen LogP contribution is 2.17. The second kappa shape index (κ2) is 4.63. The molecule has 0 fully saturated rings. The van der Waals surface area contributed by atoms with E-state index in [1.807, 2.05) is 0 Å². The zero-order valence-corrected chi connectivity index (χ0v) is 8.47. The second-order valence-electron chi connectivity index (χ2n) is 3.23. The molecule has 1 N–H and O–H groups in total. The molecular weight excluding hydrogens is 198 g/mol. The first-order chi connectivity index (χ1) is 7.06. The predicted molar refractivity (Wildman–Crippen MR) is 53.4 cm³/mol. The Morgan fingerprint density at radius 2 is 2.47 bits per heavy atom. The minimum Gasteiger partial charge on any atom is -0.478 e. The monoisotopic (exact) mass is 211 g/mol. The Balaban J connectivity index is 2.58. The molecule has 82 valence electrons. The maximum Gasteiger partial charge on any atom is 0.410 e. The van der Waals surface area contributed by atoms with Gasteiger partial charge >= 0.3 is 12.1 Å². The molecule has 0 aromatic heterocycles. The van der Waals surface area contributed by atoms with Gasteiger partial charge in [0, 0.05) is 0 Å². The van der Waals surface area contributed by atoms with Gasteiger partial charge < -0.3 is 9.84 Å². The summed E-state index contributed by atoms with van der Waals surface area (Å²) in [5.41, 5.74) is 0.220. The summed E-state index contributed by atoms with van der Waals surface area (Å²) in [7, 11) is 0. The van der Waals surface area contributed by atoms with E-state index in [1.165, 1.54) is 17.1 Å². The predicted octanol–water partition coefficient (Wildman–Crippen LogP) is 1.02. The fourth-order valence-electron chi connectivity index (χ4n) is 1.34. The third kappa shape index (κ3) is 2.59. The van der Waals surface area contributed by atoms with Gasteiger partial charge in [0.1, 0.15) is 6.61 Å². The Kier molecular flexibility index (Phi) is 3.49. The molecule has 0 spiro atoms. The fourth-order valence-corrected chi connectivity index (χ4v) is 1.34. The van der Waals surface area contributed by atoms with Gasteiger partial charge in [-0.25, -0.2) is 9.59 Å². The molecule has 1 aliphatic rings. The van der Waals surface area contributed by atoms with Crippen LogP contribution in [0.15, 0.2) is 24.3 Å². The van der Waals surface area contributed by atoms with Crippen LogP contribution in [0.4, 0.5) is 4.79 Å². The molecule has 0 unspecified atom stereocenters. The highest BCUT2D eigenvalue weighted by molar-refractivity contribution is 5.89. The van der Waals surface area contributed by atoms with Crippen LogP contribution in [0.5, 0.6) is 0 Å². The molecule has 0 saturated carbocycles. The van der Waals surface area contributed by atoms with Crippen LogP contribution in [0.3, 0.4) is 0 Å². The van der Waals surface area contributed by atoms with E-state index < -0.39 is 12.1 Å². The molecule has 5 heteroatoms. The van der Waals surface area contributed by atoms with Crippen LogP contribution < -0.4 is 0 Å². The Hall–Kier alpha value is -1.78. The van der Waals surface area contributed by atoms with Crippen molar-refractivity contribution in [2.75, 3.05) is 13.2 Å². The van der Waals surface area contributed by atoms with Crippen LogP contribution in [0.25, 0.3) is 0 Å². The van der Waals surface area contributed by atoms with Crippen LogP contribution in [0.2, 0.25) is 0 Å². The van der Waals surface area contributed by atoms with E-state index in [-0.39, 0.29) is 24.8 Å². The second-order valence-corrected chi connectivity index (χ2v) is 3.23. The fraction of sp³-hybridized carbons (Fsp3) is 0.400. The highest BCUT2D eigenvalue weighted by atomic mass is 16.6. The number of hydrogen-bond acceptors (Lipinski definition) is 3. The minimum absolute atomic E-state index is 0.0898. The molecule has 0 bridgehead atoms. The van der Waals surface area contributed by atoms with E-state index >= 15 is 0 Å². The van der Waals surface area contributed by atoms with E-state index in [4.69, 9.17) is 9.84 Å². The van der Waals surface area contributed by atoms with Gasteiger partial charge in [0.25, 0.3) is 0 Å². The minimum atomic E-state index is -0.999. The number of aliphatic carboxylic acids is 1. The number of carbonyl (C=O) groups excluding carboxylic acids is 1. The summed E-state index contributed by atoms with van der Waals surface area (Å²) < 4.78 is 4.82. The molecule has 0 saturated heterocycles. The summed E-state index contributed by atoms with van der Waals surface area (Å²) in [4.78, 5) is 23.4. The van der Waals surface area contributed by atoms with Crippen molar-refractivity contribution in [1.82, 2.24) is 4.90 Å². The molecule has 0 aromatic carbocycles. The number of nitrogens with zero attached hydrogens (tertiary/aromatic N) is 1. The molecule has 0 aromatic rings. The molecule has 0 aliphatic carbocycles. The molecule has 1 atom stereocenters. The molecule has 5 nitrogen and oxygen atoms in total. The van der Waals surface area contributed by atoms with E-state index in [0.717, 1.165) is 0 Å². The summed E-state index contributed by atoms with van der Waals surface area (Å²) in [5.74, 6) is -0.999. The number of carboxylic acid groups (broad SMARTS) is 1. The van der Waals surface area contributed by atoms with E-state index in [0.29, 0.717) is 0 Å². The number of hydrogen-bond donors (Lipinski definition) is 1. The summed E-state index contributed by atoms with van der Waals surface area (Å²) >= 11 is 0. The lowest BCUT2D eigenvalue weighted by Gasteiger charge is -2.20. The van der Waals surface area contributed by atoms with E-state index in [9.17, 15) is 9.59 Å².